The molecule has 1 N–H and O–H groups in total. The molecule has 164 valence electrons. The van der Waals surface area contributed by atoms with Gasteiger partial charge in [0.25, 0.3) is 0 Å². The molecule has 3 aromatic rings. The Morgan fingerprint density at radius 3 is 2.84 bits per heavy atom. The Morgan fingerprint density at radius 1 is 1.22 bits per heavy atom. The van der Waals surface area contributed by atoms with Crippen molar-refractivity contribution in [1.29, 1.82) is 0 Å². The SMILES string of the molecule is COc1cc(/C=C2\CCCN([C@@H]3c4ccccc4C[C@@H]3O)C2=O)ccc1-n1cnc(C)c1. The van der Waals surface area contributed by atoms with Crippen LogP contribution in [0.15, 0.2) is 60.6 Å². The minimum Gasteiger partial charge on any atom is -0.495 e. The molecule has 5 rings (SSSR count). The highest BCUT2D eigenvalue weighted by Crippen LogP contribution is 2.39. The molecule has 1 fully saturated rings. The number of nitrogens with zero attached hydrogens (tertiary/aromatic N) is 3. The second kappa shape index (κ2) is 8.28. The number of benzene rings is 2. The number of methoxy groups -OCH3 is 1. The fourth-order valence-corrected chi connectivity index (χ4v) is 4.91. The quantitative estimate of drug-likeness (QED) is 0.640. The second-order valence-corrected chi connectivity index (χ2v) is 8.54. The van der Waals surface area contributed by atoms with E-state index in [1.807, 2.05) is 71.1 Å². The van der Waals surface area contributed by atoms with Crippen molar-refractivity contribution in [3.8, 4) is 11.4 Å². The van der Waals surface area contributed by atoms with Gasteiger partial charge in [0, 0.05) is 24.7 Å². The van der Waals surface area contributed by atoms with Crippen LogP contribution in [-0.2, 0) is 11.2 Å². The number of ether oxygens (including phenoxy) is 1. The summed E-state index contributed by atoms with van der Waals surface area (Å²) in [5.41, 5.74) is 5.71. The van der Waals surface area contributed by atoms with E-state index >= 15 is 0 Å². The number of aromatic nitrogens is 2. The van der Waals surface area contributed by atoms with E-state index in [1.165, 1.54) is 0 Å². The van der Waals surface area contributed by atoms with E-state index in [9.17, 15) is 9.90 Å². The van der Waals surface area contributed by atoms with Gasteiger partial charge in [-0.2, -0.15) is 0 Å². The fourth-order valence-electron chi connectivity index (χ4n) is 4.91. The number of amides is 1. The van der Waals surface area contributed by atoms with Gasteiger partial charge >= 0.3 is 0 Å². The van der Waals surface area contributed by atoms with Gasteiger partial charge in [0.1, 0.15) is 5.75 Å². The summed E-state index contributed by atoms with van der Waals surface area (Å²) in [4.78, 5) is 19.6. The number of hydrogen-bond donors (Lipinski definition) is 1. The molecule has 6 nitrogen and oxygen atoms in total. The van der Waals surface area contributed by atoms with E-state index in [0.717, 1.165) is 52.2 Å². The number of likely N-dealkylation sites (tertiary alicyclic amines) is 1. The number of piperidine rings is 1. The van der Waals surface area contributed by atoms with Crippen LogP contribution in [-0.4, -0.2) is 45.2 Å². The van der Waals surface area contributed by atoms with Crippen molar-refractivity contribution in [1.82, 2.24) is 14.5 Å². The topological polar surface area (TPSA) is 67.6 Å². The molecule has 1 aliphatic heterocycles. The molecule has 6 heteroatoms. The van der Waals surface area contributed by atoms with Crippen molar-refractivity contribution in [3.05, 3.63) is 82.9 Å². The summed E-state index contributed by atoms with van der Waals surface area (Å²) < 4.78 is 7.54. The van der Waals surface area contributed by atoms with Crippen LogP contribution in [0.2, 0.25) is 0 Å². The van der Waals surface area contributed by atoms with Gasteiger partial charge in [0.05, 0.1) is 37.0 Å². The van der Waals surface area contributed by atoms with Gasteiger partial charge in [0.15, 0.2) is 0 Å². The van der Waals surface area contributed by atoms with Crippen LogP contribution in [0.3, 0.4) is 0 Å². The van der Waals surface area contributed by atoms with Gasteiger partial charge in [-0.25, -0.2) is 4.98 Å². The zero-order valence-electron chi connectivity index (χ0n) is 18.4. The fraction of sp³-hybridized carbons (Fsp3) is 0.308. The largest absolute Gasteiger partial charge is 0.495 e. The zero-order chi connectivity index (χ0) is 22.2. The van der Waals surface area contributed by atoms with Gasteiger partial charge in [-0.15, -0.1) is 0 Å². The summed E-state index contributed by atoms with van der Waals surface area (Å²) in [6, 6.07) is 13.7. The Labute approximate surface area is 187 Å². The van der Waals surface area contributed by atoms with Gasteiger partial charge < -0.3 is 19.3 Å². The minimum absolute atomic E-state index is 0.00489. The number of carbonyl (C=O) groups is 1. The first-order chi connectivity index (χ1) is 15.5. The molecular formula is C26H27N3O3. The van der Waals surface area contributed by atoms with E-state index in [-0.39, 0.29) is 11.9 Å². The van der Waals surface area contributed by atoms with Crippen molar-refractivity contribution in [2.24, 2.45) is 0 Å². The van der Waals surface area contributed by atoms with Gasteiger partial charge in [-0.1, -0.05) is 30.3 Å². The normalized spacial score (nSPS) is 21.8. The Bertz CT molecular complexity index is 1200. The lowest BCUT2D eigenvalue weighted by molar-refractivity contribution is -0.133. The number of rotatable bonds is 4. The molecule has 0 spiro atoms. The van der Waals surface area contributed by atoms with Crippen molar-refractivity contribution < 1.29 is 14.6 Å². The molecule has 1 saturated heterocycles. The first-order valence-electron chi connectivity index (χ1n) is 11.0. The minimum atomic E-state index is -0.561. The monoisotopic (exact) mass is 429 g/mol. The maximum Gasteiger partial charge on any atom is 0.250 e. The number of fused-ring (bicyclic) bond motifs is 1. The van der Waals surface area contributed by atoms with Crippen LogP contribution in [0, 0.1) is 6.92 Å². The first-order valence-corrected chi connectivity index (χ1v) is 11.0. The van der Waals surface area contributed by atoms with Gasteiger partial charge in [-0.05, 0) is 54.7 Å². The highest BCUT2D eigenvalue weighted by Gasteiger charge is 2.39. The third-order valence-corrected chi connectivity index (χ3v) is 6.42. The van der Waals surface area contributed by atoms with Crippen LogP contribution in [0.4, 0.5) is 0 Å². The third kappa shape index (κ3) is 3.60. The van der Waals surface area contributed by atoms with Crippen LogP contribution in [0.5, 0.6) is 5.75 Å². The van der Waals surface area contributed by atoms with Crippen LogP contribution < -0.4 is 4.74 Å². The molecule has 0 radical (unpaired) electrons. The van der Waals surface area contributed by atoms with Crippen molar-refractivity contribution in [2.75, 3.05) is 13.7 Å². The number of aliphatic hydroxyl groups is 1. The summed E-state index contributed by atoms with van der Waals surface area (Å²) in [5.74, 6) is 0.724. The second-order valence-electron chi connectivity index (χ2n) is 8.54. The lowest BCUT2D eigenvalue weighted by Gasteiger charge is -2.35. The van der Waals surface area contributed by atoms with Crippen LogP contribution in [0.25, 0.3) is 11.8 Å². The van der Waals surface area contributed by atoms with Crippen molar-refractivity contribution in [2.45, 2.75) is 38.3 Å². The van der Waals surface area contributed by atoms with E-state index in [1.54, 1.807) is 13.4 Å². The van der Waals surface area contributed by atoms with Crippen molar-refractivity contribution >= 4 is 12.0 Å². The van der Waals surface area contributed by atoms with Crippen molar-refractivity contribution in [3.63, 3.8) is 0 Å². The summed E-state index contributed by atoms with van der Waals surface area (Å²) in [7, 11) is 1.64. The highest BCUT2D eigenvalue weighted by molar-refractivity contribution is 5.99. The molecule has 32 heavy (non-hydrogen) atoms. The molecule has 0 bridgehead atoms. The van der Waals surface area contributed by atoms with Crippen LogP contribution in [0.1, 0.15) is 41.3 Å². The number of carbonyl (C=O) groups excluding carboxylic acids is 1. The molecule has 0 unspecified atom stereocenters. The van der Waals surface area contributed by atoms with E-state index in [0.29, 0.717) is 13.0 Å². The average Bonchev–Trinajstić information content (AvgIpc) is 3.37. The number of aliphatic hydroxyl groups excluding tert-OH is 1. The molecular weight excluding hydrogens is 402 g/mol. The smallest absolute Gasteiger partial charge is 0.250 e. The average molecular weight is 430 g/mol. The molecule has 2 aliphatic rings. The first kappa shape index (κ1) is 20.5. The zero-order valence-corrected chi connectivity index (χ0v) is 18.4. The molecule has 2 atom stereocenters. The lowest BCUT2D eigenvalue weighted by Crippen LogP contribution is -2.42. The predicted molar refractivity (Wildman–Crippen MR) is 123 cm³/mol. The predicted octanol–water partition coefficient (Wildman–Crippen LogP) is 3.85. The number of hydrogen-bond acceptors (Lipinski definition) is 4. The molecule has 2 aromatic carbocycles. The lowest BCUT2D eigenvalue weighted by atomic mass is 9.96. The van der Waals surface area contributed by atoms with Gasteiger partial charge in [0.2, 0.25) is 5.91 Å². The summed E-state index contributed by atoms with van der Waals surface area (Å²) >= 11 is 0. The Kier molecular flexibility index (Phi) is 5.31. The molecule has 1 aliphatic carbocycles. The molecule has 1 aromatic heterocycles. The molecule has 0 saturated carbocycles. The summed E-state index contributed by atoms with van der Waals surface area (Å²) in [6.45, 7) is 2.61. The third-order valence-electron chi connectivity index (χ3n) is 6.42. The molecule has 1 amide bonds. The van der Waals surface area contributed by atoms with E-state index in [2.05, 4.69) is 4.98 Å². The van der Waals surface area contributed by atoms with E-state index < -0.39 is 6.10 Å². The summed E-state index contributed by atoms with van der Waals surface area (Å²) in [5, 5.41) is 10.7. The van der Waals surface area contributed by atoms with E-state index in [4.69, 9.17) is 4.74 Å². The highest BCUT2D eigenvalue weighted by atomic mass is 16.5. The Balaban J connectivity index is 1.44. The Hall–Kier alpha value is -3.38. The maximum atomic E-state index is 13.4. The number of aryl methyl sites for hydroxylation is 1. The van der Waals surface area contributed by atoms with Gasteiger partial charge in [-0.3, -0.25) is 4.79 Å². The maximum absolute atomic E-state index is 13.4. The Morgan fingerprint density at radius 2 is 2.06 bits per heavy atom. The standard InChI is InChI=1S/C26H27N3O3/c1-17-15-28(16-27-17)22-10-9-18(13-24(22)32-2)12-20-7-5-11-29(26(20)31)25-21-8-4-3-6-19(21)14-23(25)30/h3-4,6,8-10,12-13,15-16,23,25,30H,5,7,11,14H2,1-2H3/b20-12+/t23-,25+/m0/s1. The van der Waals surface area contributed by atoms with Crippen LogP contribution >= 0.6 is 0 Å². The summed E-state index contributed by atoms with van der Waals surface area (Å²) in [6.07, 6.45) is 7.30. The number of imidazole rings is 1. The molecule has 2 heterocycles.